The van der Waals surface area contributed by atoms with E-state index in [0.29, 0.717) is 19.3 Å². The van der Waals surface area contributed by atoms with Gasteiger partial charge in [-0.15, -0.1) is 0 Å². The van der Waals surface area contributed by atoms with Gasteiger partial charge in [0.05, 0.1) is 27.1 Å². The SMILES string of the molecule is CO/C1=C\C(=O)CCc2ccc(OC)c(c2)-c2cc(ccc2OC)CC1. The first-order chi connectivity index (χ1) is 12.6. The Bertz CT molecular complexity index is 836. The van der Waals surface area contributed by atoms with Crippen LogP contribution < -0.4 is 9.47 Å². The highest BCUT2D eigenvalue weighted by Gasteiger charge is 2.15. The fourth-order valence-electron chi connectivity index (χ4n) is 3.26. The number of fused-ring (bicyclic) bond motifs is 5. The number of hydrogen-bond donors (Lipinski definition) is 0. The second-order valence-corrected chi connectivity index (χ2v) is 6.35. The summed E-state index contributed by atoms with van der Waals surface area (Å²) >= 11 is 0. The molecule has 0 N–H and O–H groups in total. The van der Waals surface area contributed by atoms with Crippen LogP contribution in [0.3, 0.4) is 0 Å². The summed E-state index contributed by atoms with van der Waals surface area (Å²) in [6.07, 6.45) is 4.22. The molecule has 0 saturated carbocycles. The van der Waals surface area contributed by atoms with E-state index < -0.39 is 0 Å². The molecule has 4 nitrogen and oxygen atoms in total. The maximum atomic E-state index is 12.3. The molecule has 2 aromatic rings. The van der Waals surface area contributed by atoms with Gasteiger partial charge in [-0.2, -0.15) is 0 Å². The quantitative estimate of drug-likeness (QED) is 0.824. The average molecular weight is 352 g/mol. The Morgan fingerprint density at radius 3 is 1.73 bits per heavy atom. The molecule has 3 rings (SSSR count). The summed E-state index contributed by atoms with van der Waals surface area (Å²) in [7, 11) is 4.96. The Kier molecular flexibility index (Phi) is 5.61. The number of allylic oxidation sites excluding steroid dienone is 2. The van der Waals surface area contributed by atoms with E-state index in [-0.39, 0.29) is 5.78 Å². The monoisotopic (exact) mass is 352 g/mol. The van der Waals surface area contributed by atoms with Crippen molar-refractivity contribution in [2.75, 3.05) is 21.3 Å². The molecule has 0 heterocycles. The van der Waals surface area contributed by atoms with Crippen molar-refractivity contribution in [2.24, 2.45) is 0 Å². The highest BCUT2D eigenvalue weighted by atomic mass is 16.5. The summed E-state index contributed by atoms with van der Waals surface area (Å²) in [4.78, 5) is 12.3. The molecule has 4 heteroatoms. The Morgan fingerprint density at radius 2 is 1.23 bits per heavy atom. The first kappa shape index (κ1) is 18.1. The van der Waals surface area contributed by atoms with Crippen molar-refractivity contribution in [1.29, 1.82) is 0 Å². The van der Waals surface area contributed by atoms with Crippen LogP contribution >= 0.6 is 0 Å². The molecule has 0 unspecified atom stereocenters. The number of aryl methyl sites for hydroxylation is 2. The minimum absolute atomic E-state index is 0.0859. The van der Waals surface area contributed by atoms with Crippen LogP contribution in [0, 0.1) is 0 Å². The zero-order chi connectivity index (χ0) is 18.5. The number of methoxy groups -OCH3 is 3. The summed E-state index contributed by atoms with van der Waals surface area (Å²) in [6, 6.07) is 12.2. The Morgan fingerprint density at radius 1 is 0.692 bits per heavy atom. The van der Waals surface area contributed by atoms with Crippen molar-refractivity contribution in [1.82, 2.24) is 0 Å². The molecule has 0 fully saturated rings. The number of ketones is 1. The van der Waals surface area contributed by atoms with Crippen molar-refractivity contribution in [3.8, 4) is 22.6 Å². The third kappa shape index (κ3) is 3.90. The molecular weight excluding hydrogens is 328 g/mol. The summed E-state index contributed by atoms with van der Waals surface area (Å²) < 4.78 is 16.6. The second-order valence-electron chi connectivity index (χ2n) is 6.35. The summed E-state index contributed by atoms with van der Waals surface area (Å²) in [5.74, 6) is 2.40. The molecule has 0 radical (unpaired) electrons. The van der Waals surface area contributed by atoms with Crippen LogP contribution in [0.2, 0.25) is 0 Å². The van der Waals surface area contributed by atoms with Crippen LogP contribution in [0.1, 0.15) is 24.0 Å². The molecule has 0 saturated heterocycles. The molecule has 0 aromatic heterocycles. The van der Waals surface area contributed by atoms with Crippen molar-refractivity contribution in [3.05, 3.63) is 59.4 Å². The highest BCUT2D eigenvalue weighted by Crippen LogP contribution is 2.38. The first-order valence-electron chi connectivity index (χ1n) is 8.76. The number of benzene rings is 2. The van der Waals surface area contributed by atoms with Gasteiger partial charge in [-0.1, -0.05) is 12.1 Å². The Hall–Kier alpha value is -2.75. The molecule has 0 atom stereocenters. The van der Waals surface area contributed by atoms with Gasteiger partial charge in [-0.3, -0.25) is 4.79 Å². The molecule has 1 aliphatic carbocycles. The molecule has 2 aromatic carbocycles. The van der Waals surface area contributed by atoms with E-state index in [0.717, 1.165) is 45.9 Å². The highest BCUT2D eigenvalue weighted by molar-refractivity contribution is 5.90. The van der Waals surface area contributed by atoms with E-state index in [1.54, 1.807) is 27.4 Å². The van der Waals surface area contributed by atoms with Crippen molar-refractivity contribution < 1.29 is 19.0 Å². The van der Waals surface area contributed by atoms with Crippen molar-refractivity contribution >= 4 is 5.78 Å². The minimum Gasteiger partial charge on any atom is -0.501 e. The molecule has 0 aliphatic heterocycles. The van der Waals surface area contributed by atoms with Crippen LogP contribution in [-0.4, -0.2) is 27.1 Å². The third-order valence-corrected chi connectivity index (χ3v) is 4.72. The van der Waals surface area contributed by atoms with Gasteiger partial charge < -0.3 is 14.2 Å². The Labute approximate surface area is 154 Å². The van der Waals surface area contributed by atoms with E-state index in [9.17, 15) is 4.79 Å². The zero-order valence-corrected chi connectivity index (χ0v) is 15.5. The topological polar surface area (TPSA) is 44.8 Å². The van der Waals surface area contributed by atoms with Crippen LogP contribution in [0.15, 0.2) is 48.2 Å². The smallest absolute Gasteiger partial charge is 0.159 e. The summed E-state index contributed by atoms with van der Waals surface area (Å²) in [5.41, 5.74) is 4.23. The maximum Gasteiger partial charge on any atom is 0.159 e. The van der Waals surface area contributed by atoms with Crippen molar-refractivity contribution in [2.45, 2.75) is 25.7 Å². The van der Waals surface area contributed by atoms with Gasteiger partial charge in [0.2, 0.25) is 0 Å². The predicted octanol–water partition coefficient (Wildman–Crippen LogP) is 4.35. The molecular formula is C22H24O4. The van der Waals surface area contributed by atoms with E-state index >= 15 is 0 Å². The van der Waals surface area contributed by atoms with Gasteiger partial charge in [0, 0.05) is 30.0 Å². The lowest BCUT2D eigenvalue weighted by Gasteiger charge is -2.15. The van der Waals surface area contributed by atoms with Gasteiger partial charge in [-0.05, 0) is 48.2 Å². The second kappa shape index (κ2) is 8.09. The van der Waals surface area contributed by atoms with Crippen LogP contribution in [0.4, 0.5) is 0 Å². The normalized spacial score (nSPS) is 16.4. The lowest BCUT2D eigenvalue weighted by Crippen LogP contribution is -2.00. The van der Waals surface area contributed by atoms with Gasteiger partial charge in [-0.25, -0.2) is 0 Å². The molecule has 26 heavy (non-hydrogen) atoms. The van der Waals surface area contributed by atoms with Gasteiger partial charge in [0.25, 0.3) is 0 Å². The Balaban J connectivity index is 2.14. The largest absolute Gasteiger partial charge is 0.501 e. The van der Waals surface area contributed by atoms with E-state index in [1.165, 1.54) is 0 Å². The summed E-state index contributed by atoms with van der Waals surface area (Å²) in [6.45, 7) is 0. The molecule has 4 bridgehead atoms. The predicted molar refractivity (Wildman–Crippen MR) is 102 cm³/mol. The van der Waals surface area contributed by atoms with Crippen LogP contribution in [0.25, 0.3) is 11.1 Å². The number of rotatable bonds is 3. The van der Waals surface area contributed by atoms with Crippen LogP contribution in [0.5, 0.6) is 11.5 Å². The first-order valence-corrected chi connectivity index (χ1v) is 8.76. The van der Waals surface area contributed by atoms with E-state index in [4.69, 9.17) is 14.2 Å². The third-order valence-electron chi connectivity index (χ3n) is 4.72. The number of ether oxygens (including phenoxy) is 3. The minimum atomic E-state index is 0.0859. The van der Waals surface area contributed by atoms with Gasteiger partial charge in [0.1, 0.15) is 11.5 Å². The molecule has 1 aliphatic rings. The van der Waals surface area contributed by atoms with Crippen LogP contribution in [-0.2, 0) is 22.4 Å². The number of hydrogen-bond acceptors (Lipinski definition) is 4. The zero-order valence-electron chi connectivity index (χ0n) is 15.5. The lowest BCUT2D eigenvalue weighted by atomic mass is 9.96. The molecule has 0 amide bonds. The fourth-order valence-corrected chi connectivity index (χ4v) is 3.26. The summed E-state index contributed by atoms with van der Waals surface area (Å²) in [5, 5.41) is 0. The molecule has 136 valence electrons. The van der Waals surface area contributed by atoms with E-state index in [2.05, 4.69) is 12.1 Å². The number of carbonyl (C=O) groups is 1. The van der Waals surface area contributed by atoms with Crippen molar-refractivity contribution in [3.63, 3.8) is 0 Å². The van der Waals surface area contributed by atoms with Gasteiger partial charge in [0.15, 0.2) is 5.78 Å². The van der Waals surface area contributed by atoms with E-state index in [1.807, 2.05) is 24.3 Å². The maximum absolute atomic E-state index is 12.3. The average Bonchev–Trinajstić information content (AvgIpc) is 2.69. The van der Waals surface area contributed by atoms with Gasteiger partial charge >= 0.3 is 0 Å². The molecule has 0 spiro atoms. The fraction of sp³-hybridized carbons (Fsp3) is 0.318. The lowest BCUT2D eigenvalue weighted by molar-refractivity contribution is -0.114. The number of carbonyl (C=O) groups excluding carboxylic acids is 1. The standard InChI is InChI=1S/C22H24O4/c1-24-18-9-5-16-7-11-22(26-3)20(13-16)19-12-15(4-8-17(23)14-18)6-10-21(19)25-2/h6-7,10-14H,4-5,8-9H2,1-3H3/b18-14-.